The van der Waals surface area contributed by atoms with E-state index < -0.39 is 0 Å². The topological polar surface area (TPSA) is 18.5 Å². The monoisotopic (exact) mass is 227 g/mol. The first-order valence-electron chi connectivity index (χ1n) is 6.80. The molecule has 0 spiro atoms. The van der Waals surface area contributed by atoms with Gasteiger partial charge in [0.15, 0.2) is 0 Å². The van der Waals surface area contributed by atoms with E-state index in [1.807, 2.05) is 0 Å². The Labute approximate surface area is 101 Å². The first-order valence-corrected chi connectivity index (χ1v) is 6.80. The largest absolute Gasteiger partial charge is 0.315 e. The maximum Gasteiger partial charge on any atom is 0.0193 e. The number of nitrogens with zero attached hydrogens (tertiary/aromatic N) is 2. The predicted octanol–water partition coefficient (Wildman–Crippen LogP) is 1.26. The van der Waals surface area contributed by atoms with Crippen LogP contribution in [0.1, 0.15) is 27.7 Å². The van der Waals surface area contributed by atoms with Crippen LogP contribution < -0.4 is 5.32 Å². The molecule has 1 heterocycles. The summed E-state index contributed by atoms with van der Waals surface area (Å²) in [6, 6.07) is 0.682. The highest BCUT2D eigenvalue weighted by atomic mass is 15.3. The molecule has 1 aliphatic rings. The Balaban J connectivity index is 2.20. The molecule has 0 amide bonds. The lowest BCUT2D eigenvalue weighted by molar-refractivity contribution is 0.0945. The normalized spacial score (nSPS) is 21.6. The van der Waals surface area contributed by atoms with Crippen LogP contribution in [0.5, 0.6) is 0 Å². The number of nitrogens with one attached hydrogen (secondary N) is 1. The lowest BCUT2D eigenvalue weighted by atomic mass is 10.1. The maximum absolute atomic E-state index is 3.43. The number of piperazine rings is 1. The minimum absolute atomic E-state index is 0.682. The highest BCUT2D eigenvalue weighted by Crippen LogP contribution is 2.07. The molecule has 16 heavy (non-hydrogen) atoms. The van der Waals surface area contributed by atoms with Crippen LogP contribution >= 0.6 is 0 Å². The van der Waals surface area contributed by atoms with Gasteiger partial charge in [0, 0.05) is 45.3 Å². The first kappa shape index (κ1) is 13.9. The number of likely N-dealkylation sites (N-methyl/N-ethyl adjacent to an activating group) is 1. The van der Waals surface area contributed by atoms with Crippen molar-refractivity contribution >= 4 is 0 Å². The Bertz CT molecular complexity index is 174. The SMILES string of the molecule is CCNCC(C)N1CCN(CC(C)C)CC1. The molecule has 1 fully saturated rings. The fourth-order valence-corrected chi connectivity index (χ4v) is 2.39. The Kier molecular flexibility index (Phi) is 6.32. The third-order valence-electron chi connectivity index (χ3n) is 3.34. The zero-order valence-corrected chi connectivity index (χ0v) is 11.5. The summed E-state index contributed by atoms with van der Waals surface area (Å²) in [4.78, 5) is 5.21. The van der Waals surface area contributed by atoms with Crippen molar-refractivity contribution in [3.05, 3.63) is 0 Å². The molecule has 1 rings (SSSR count). The first-order chi connectivity index (χ1) is 7.63. The summed E-state index contributed by atoms with van der Waals surface area (Å²) in [5, 5.41) is 3.43. The summed E-state index contributed by atoms with van der Waals surface area (Å²) in [5.41, 5.74) is 0. The highest BCUT2D eigenvalue weighted by molar-refractivity contribution is 4.77. The van der Waals surface area contributed by atoms with Gasteiger partial charge in [0.25, 0.3) is 0 Å². The second-order valence-corrected chi connectivity index (χ2v) is 5.39. The van der Waals surface area contributed by atoms with Crippen LogP contribution in [-0.4, -0.2) is 61.7 Å². The Morgan fingerprint density at radius 2 is 1.69 bits per heavy atom. The van der Waals surface area contributed by atoms with Crippen LogP contribution in [0.15, 0.2) is 0 Å². The average molecular weight is 227 g/mol. The van der Waals surface area contributed by atoms with E-state index in [1.165, 1.54) is 32.7 Å². The zero-order chi connectivity index (χ0) is 12.0. The van der Waals surface area contributed by atoms with Gasteiger partial charge in [-0.05, 0) is 19.4 Å². The van der Waals surface area contributed by atoms with Gasteiger partial charge < -0.3 is 10.2 Å². The molecule has 0 aromatic carbocycles. The molecule has 1 aliphatic heterocycles. The van der Waals surface area contributed by atoms with Gasteiger partial charge in [-0.25, -0.2) is 0 Å². The van der Waals surface area contributed by atoms with Crippen molar-refractivity contribution in [2.45, 2.75) is 33.7 Å². The lowest BCUT2D eigenvalue weighted by Gasteiger charge is -2.38. The Morgan fingerprint density at radius 1 is 1.06 bits per heavy atom. The van der Waals surface area contributed by atoms with Crippen molar-refractivity contribution < 1.29 is 0 Å². The van der Waals surface area contributed by atoms with Crippen molar-refractivity contribution in [3.63, 3.8) is 0 Å². The van der Waals surface area contributed by atoms with Crippen molar-refractivity contribution in [1.82, 2.24) is 15.1 Å². The van der Waals surface area contributed by atoms with E-state index >= 15 is 0 Å². The molecular weight excluding hydrogens is 198 g/mol. The predicted molar refractivity (Wildman–Crippen MR) is 70.9 cm³/mol. The highest BCUT2D eigenvalue weighted by Gasteiger charge is 2.20. The van der Waals surface area contributed by atoms with Crippen LogP contribution in [0.4, 0.5) is 0 Å². The molecule has 1 unspecified atom stereocenters. The fraction of sp³-hybridized carbons (Fsp3) is 1.00. The minimum atomic E-state index is 0.682. The maximum atomic E-state index is 3.43. The summed E-state index contributed by atoms with van der Waals surface area (Å²) in [6.07, 6.45) is 0. The van der Waals surface area contributed by atoms with E-state index in [1.54, 1.807) is 0 Å². The number of hydrogen-bond donors (Lipinski definition) is 1. The molecule has 1 saturated heterocycles. The Hall–Kier alpha value is -0.120. The molecule has 0 aromatic rings. The summed E-state index contributed by atoms with van der Waals surface area (Å²) < 4.78 is 0. The van der Waals surface area contributed by atoms with Gasteiger partial charge in [0.05, 0.1) is 0 Å². The van der Waals surface area contributed by atoms with Crippen molar-refractivity contribution in [2.24, 2.45) is 5.92 Å². The third-order valence-corrected chi connectivity index (χ3v) is 3.34. The molecule has 3 heteroatoms. The molecule has 0 saturated carbocycles. The molecule has 1 atom stereocenters. The van der Waals surface area contributed by atoms with E-state index in [4.69, 9.17) is 0 Å². The van der Waals surface area contributed by atoms with Crippen molar-refractivity contribution in [3.8, 4) is 0 Å². The van der Waals surface area contributed by atoms with Crippen molar-refractivity contribution in [2.75, 3.05) is 45.8 Å². The summed E-state index contributed by atoms with van der Waals surface area (Å²) in [7, 11) is 0. The van der Waals surface area contributed by atoms with Crippen LogP contribution in [0.3, 0.4) is 0 Å². The summed E-state index contributed by atoms with van der Waals surface area (Å²) in [6.45, 7) is 17.5. The van der Waals surface area contributed by atoms with E-state index in [9.17, 15) is 0 Å². The van der Waals surface area contributed by atoms with Gasteiger partial charge >= 0.3 is 0 Å². The minimum Gasteiger partial charge on any atom is -0.315 e. The smallest absolute Gasteiger partial charge is 0.0193 e. The number of hydrogen-bond acceptors (Lipinski definition) is 3. The number of rotatable bonds is 6. The van der Waals surface area contributed by atoms with E-state index in [-0.39, 0.29) is 0 Å². The van der Waals surface area contributed by atoms with Gasteiger partial charge in [-0.1, -0.05) is 20.8 Å². The van der Waals surface area contributed by atoms with Gasteiger partial charge in [-0.2, -0.15) is 0 Å². The molecule has 3 nitrogen and oxygen atoms in total. The fourth-order valence-electron chi connectivity index (χ4n) is 2.39. The molecule has 0 aliphatic carbocycles. The molecule has 0 radical (unpaired) electrons. The molecule has 0 aromatic heterocycles. The molecular formula is C13H29N3. The van der Waals surface area contributed by atoms with Crippen LogP contribution in [-0.2, 0) is 0 Å². The third kappa shape index (κ3) is 4.81. The molecule has 0 bridgehead atoms. The van der Waals surface area contributed by atoms with Crippen molar-refractivity contribution in [1.29, 1.82) is 0 Å². The summed E-state index contributed by atoms with van der Waals surface area (Å²) >= 11 is 0. The van der Waals surface area contributed by atoms with Crippen LogP contribution in [0, 0.1) is 5.92 Å². The van der Waals surface area contributed by atoms with Gasteiger partial charge in [-0.3, -0.25) is 4.90 Å². The second-order valence-electron chi connectivity index (χ2n) is 5.39. The second kappa shape index (κ2) is 7.25. The standard InChI is InChI=1S/C13H29N3/c1-5-14-10-13(4)16-8-6-15(7-9-16)11-12(2)3/h12-14H,5-11H2,1-4H3. The average Bonchev–Trinajstić information content (AvgIpc) is 2.26. The van der Waals surface area contributed by atoms with Gasteiger partial charge in [0.2, 0.25) is 0 Å². The van der Waals surface area contributed by atoms with E-state index in [2.05, 4.69) is 42.8 Å². The molecule has 96 valence electrons. The van der Waals surface area contributed by atoms with E-state index in [0.29, 0.717) is 6.04 Å². The quantitative estimate of drug-likeness (QED) is 0.737. The zero-order valence-electron chi connectivity index (χ0n) is 11.5. The molecule has 1 N–H and O–H groups in total. The van der Waals surface area contributed by atoms with E-state index in [0.717, 1.165) is 19.0 Å². The lowest BCUT2D eigenvalue weighted by Crippen LogP contribution is -2.52. The van der Waals surface area contributed by atoms with Gasteiger partial charge in [-0.15, -0.1) is 0 Å². The summed E-state index contributed by atoms with van der Waals surface area (Å²) in [5.74, 6) is 0.797. The van der Waals surface area contributed by atoms with Crippen LogP contribution in [0.25, 0.3) is 0 Å². The Morgan fingerprint density at radius 3 is 2.19 bits per heavy atom. The van der Waals surface area contributed by atoms with Gasteiger partial charge in [0.1, 0.15) is 0 Å². The van der Waals surface area contributed by atoms with Crippen LogP contribution in [0.2, 0.25) is 0 Å².